The van der Waals surface area contributed by atoms with Gasteiger partial charge >= 0.3 is 0 Å². The van der Waals surface area contributed by atoms with Crippen molar-refractivity contribution in [2.45, 2.75) is 32.6 Å². The lowest BCUT2D eigenvalue weighted by Crippen LogP contribution is -2.05. The van der Waals surface area contributed by atoms with E-state index in [-0.39, 0.29) is 0 Å². The van der Waals surface area contributed by atoms with Gasteiger partial charge in [-0.3, -0.25) is 0 Å². The van der Waals surface area contributed by atoms with Gasteiger partial charge in [-0.25, -0.2) is 0 Å². The van der Waals surface area contributed by atoms with Crippen molar-refractivity contribution in [2.75, 3.05) is 5.73 Å². The molecule has 0 saturated carbocycles. The van der Waals surface area contributed by atoms with Gasteiger partial charge in [0.15, 0.2) is 0 Å². The Kier molecular flexibility index (Phi) is 1.80. The van der Waals surface area contributed by atoms with Crippen LogP contribution < -0.4 is 5.73 Å². The van der Waals surface area contributed by atoms with E-state index in [1.54, 1.807) is 5.56 Å². The third-order valence-electron chi connectivity index (χ3n) is 2.71. The molecular formula is C11H15N. The first-order chi connectivity index (χ1) is 5.77. The van der Waals surface area contributed by atoms with Gasteiger partial charge in [-0.1, -0.05) is 0 Å². The highest BCUT2D eigenvalue weighted by Gasteiger charge is 2.11. The molecule has 1 aromatic carbocycles. The van der Waals surface area contributed by atoms with Crippen LogP contribution in [0.5, 0.6) is 0 Å². The van der Waals surface area contributed by atoms with Gasteiger partial charge in [-0.05, 0) is 61.4 Å². The summed E-state index contributed by atoms with van der Waals surface area (Å²) in [5, 5.41) is 0. The van der Waals surface area contributed by atoms with Crippen molar-refractivity contribution in [1.29, 1.82) is 0 Å². The zero-order valence-corrected chi connectivity index (χ0v) is 7.56. The summed E-state index contributed by atoms with van der Waals surface area (Å²) in [5.41, 5.74) is 11.1. The monoisotopic (exact) mass is 161 g/mol. The molecule has 2 N–H and O–H groups in total. The van der Waals surface area contributed by atoms with Gasteiger partial charge in [0, 0.05) is 5.69 Å². The zero-order valence-electron chi connectivity index (χ0n) is 7.56. The SMILES string of the molecule is Cc1cc(N)cc2c1CCCC2. The van der Waals surface area contributed by atoms with E-state index < -0.39 is 0 Å². The molecular weight excluding hydrogens is 146 g/mol. The number of rotatable bonds is 0. The van der Waals surface area contributed by atoms with Crippen molar-refractivity contribution in [3.8, 4) is 0 Å². The molecule has 0 bridgehead atoms. The lowest BCUT2D eigenvalue weighted by atomic mass is 9.88. The molecule has 1 nitrogen and oxygen atoms in total. The number of hydrogen-bond acceptors (Lipinski definition) is 1. The van der Waals surface area contributed by atoms with Crippen LogP contribution in [-0.4, -0.2) is 0 Å². The number of nitrogen functional groups attached to an aromatic ring is 1. The number of hydrogen-bond donors (Lipinski definition) is 1. The molecule has 0 aromatic heterocycles. The molecule has 1 aromatic rings. The molecule has 2 rings (SSSR count). The van der Waals surface area contributed by atoms with E-state index in [1.807, 2.05) is 0 Å². The number of nitrogens with two attached hydrogens (primary N) is 1. The summed E-state index contributed by atoms with van der Waals surface area (Å²) in [6, 6.07) is 4.23. The maximum absolute atomic E-state index is 5.78. The van der Waals surface area contributed by atoms with Crippen LogP contribution in [0.1, 0.15) is 29.5 Å². The number of anilines is 1. The normalized spacial score (nSPS) is 15.8. The third kappa shape index (κ3) is 1.20. The van der Waals surface area contributed by atoms with Crippen molar-refractivity contribution >= 4 is 5.69 Å². The Labute approximate surface area is 73.6 Å². The number of aryl methyl sites for hydroxylation is 2. The fourth-order valence-electron chi connectivity index (χ4n) is 2.12. The van der Waals surface area contributed by atoms with Crippen LogP contribution in [-0.2, 0) is 12.8 Å². The lowest BCUT2D eigenvalue weighted by Gasteiger charge is -2.18. The maximum Gasteiger partial charge on any atom is 0.0319 e. The molecule has 0 spiro atoms. The van der Waals surface area contributed by atoms with E-state index in [9.17, 15) is 0 Å². The summed E-state index contributed by atoms with van der Waals surface area (Å²) in [6.07, 6.45) is 5.15. The Bertz CT molecular complexity index is 302. The highest BCUT2D eigenvalue weighted by Crippen LogP contribution is 2.26. The first-order valence-electron chi connectivity index (χ1n) is 4.65. The van der Waals surface area contributed by atoms with Gasteiger partial charge < -0.3 is 5.73 Å². The molecule has 0 amide bonds. The van der Waals surface area contributed by atoms with Gasteiger partial charge in [0.2, 0.25) is 0 Å². The van der Waals surface area contributed by atoms with Crippen LogP contribution in [0.25, 0.3) is 0 Å². The van der Waals surface area contributed by atoms with E-state index in [4.69, 9.17) is 5.73 Å². The molecule has 0 saturated heterocycles. The Morgan fingerprint density at radius 1 is 1.17 bits per heavy atom. The Morgan fingerprint density at radius 3 is 2.75 bits per heavy atom. The number of benzene rings is 1. The summed E-state index contributed by atoms with van der Waals surface area (Å²) >= 11 is 0. The van der Waals surface area contributed by atoms with Crippen molar-refractivity contribution in [3.05, 3.63) is 28.8 Å². The van der Waals surface area contributed by atoms with Crippen LogP contribution in [0.4, 0.5) is 5.69 Å². The lowest BCUT2D eigenvalue weighted by molar-refractivity contribution is 0.682. The van der Waals surface area contributed by atoms with Gasteiger partial charge in [0.05, 0.1) is 0 Å². The minimum absolute atomic E-state index is 0.924. The van der Waals surface area contributed by atoms with Gasteiger partial charge in [0.25, 0.3) is 0 Å². The molecule has 12 heavy (non-hydrogen) atoms. The van der Waals surface area contributed by atoms with Gasteiger partial charge in [0.1, 0.15) is 0 Å². The molecule has 1 aliphatic carbocycles. The Balaban J connectivity index is 2.53. The second kappa shape index (κ2) is 2.81. The maximum atomic E-state index is 5.78. The van der Waals surface area contributed by atoms with Crippen LogP contribution in [0, 0.1) is 6.92 Å². The minimum Gasteiger partial charge on any atom is -0.399 e. The first kappa shape index (κ1) is 7.66. The largest absolute Gasteiger partial charge is 0.399 e. The van der Waals surface area contributed by atoms with Crippen LogP contribution in [0.15, 0.2) is 12.1 Å². The number of fused-ring (bicyclic) bond motifs is 1. The predicted molar refractivity (Wildman–Crippen MR) is 52.2 cm³/mol. The summed E-state index contributed by atoms with van der Waals surface area (Å²) in [5.74, 6) is 0. The summed E-state index contributed by atoms with van der Waals surface area (Å²) in [4.78, 5) is 0. The highest BCUT2D eigenvalue weighted by molar-refractivity contribution is 5.50. The highest BCUT2D eigenvalue weighted by atomic mass is 14.5. The standard InChI is InChI=1S/C11H15N/c1-8-6-10(12)7-9-4-2-3-5-11(8)9/h6-7H,2-5,12H2,1H3. The Hall–Kier alpha value is -0.980. The van der Waals surface area contributed by atoms with Crippen molar-refractivity contribution < 1.29 is 0 Å². The van der Waals surface area contributed by atoms with Crippen LogP contribution in [0.3, 0.4) is 0 Å². The molecule has 0 atom stereocenters. The summed E-state index contributed by atoms with van der Waals surface area (Å²) < 4.78 is 0. The van der Waals surface area contributed by atoms with Crippen molar-refractivity contribution in [3.63, 3.8) is 0 Å². The van der Waals surface area contributed by atoms with Gasteiger partial charge in [-0.2, -0.15) is 0 Å². The molecule has 0 aliphatic heterocycles. The Morgan fingerprint density at radius 2 is 1.92 bits per heavy atom. The molecule has 64 valence electrons. The smallest absolute Gasteiger partial charge is 0.0319 e. The van der Waals surface area contributed by atoms with Crippen molar-refractivity contribution in [1.82, 2.24) is 0 Å². The predicted octanol–water partition coefficient (Wildman–Crippen LogP) is 2.46. The summed E-state index contributed by atoms with van der Waals surface area (Å²) in [7, 11) is 0. The molecule has 1 heteroatoms. The second-order valence-electron chi connectivity index (χ2n) is 3.68. The first-order valence-corrected chi connectivity index (χ1v) is 4.65. The molecule has 1 aliphatic rings. The second-order valence-corrected chi connectivity index (χ2v) is 3.68. The fraction of sp³-hybridized carbons (Fsp3) is 0.455. The summed E-state index contributed by atoms with van der Waals surface area (Å²) in [6.45, 7) is 2.17. The van der Waals surface area contributed by atoms with E-state index in [2.05, 4.69) is 19.1 Å². The average molecular weight is 161 g/mol. The van der Waals surface area contributed by atoms with E-state index in [0.29, 0.717) is 0 Å². The molecule has 0 heterocycles. The van der Waals surface area contributed by atoms with Crippen LogP contribution >= 0.6 is 0 Å². The van der Waals surface area contributed by atoms with Crippen molar-refractivity contribution in [2.24, 2.45) is 0 Å². The molecule has 0 fully saturated rings. The third-order valence-corrected chi connectivity index (χ3v) is 2.71. The zero-order chi connectivity index (χ0) is 8.55. The average Bonchev–Trinajstić information content (AvgIpc) is 2.04. The molecule has 0 radical (unpaired) electrons. The quantitative estimate of drug-likeness (QED) is 0.581. The minimum atomic E-state index is 0.924. The van der Waals surface area contributed by atoms with E-state index >= 15 is 0 Å². The topological polar surface area (TPSA) is 26.0 Å². The molecule has 0 unspecified atom stereocenters. The van der Waals surface area contributed by atoms with E-state index in [0.717, 1.165) is 5.69 Å². The van der Waals surface area contributed by atoms with Gasteiger partial charge in [-0.15, -0.1) is 0 Å². The fourth-order valence-corrected chi connectivity index (χ4v) is 2.12. The van der Waals surface area contributed by atoms with Crippen LogP contribution in [0.2, 0.25) is 0 Å². The van der Waals surface area contributed by atoms with E-state index in [1.165, 1.54) is 36.8 Å².